The van der Waals surface area contributed by atoms with Crippen LogP contribution in [0, 0.1) is 23.2 Å². The standard InChI is InChI=1S/C20H30O2/c1-3-20(22)11-9-18-17-6-4-13-12-14(21)5-7-15(13)16(17)8-10-19(18,20)2/h16-18,22H,3-12H2,1-2H3/t16-,17-,18+,19+,20?/m1/s1. The third kappa shape index (κ3) is 1.85. The Kier molecular flexibility index (Phi) is 3.35. The molecular weight excluding hydrogens is 272 g/mol. The van der Waals surface area contributed by atoms with Crippen molar-refractivity contribution in [1.82, 2.24) is 0 Å². The summed E-state index contributed by atoms with van der Waals surface area (Å²) in [7, 11) is 0. The van der Waals surface area contributed by atoms with E-state index in [1.165, 1.54) is 31.3 Å². The van der Waals surface area contributed by atoms with Gasteiger partial charge in [0.2, 0.25) is 0 Å². The Labute approximate surface area is 134 Å². The highest BCUT2D eigenvalue weighted by atomic mass is 16.3. The van der Waals surface area contributed by atoms with Crippen molar-refractivity contribution in [1.29, 1.82) is 0 Å². The van der Waals surface area contributed by atoms with E-state index in [2.05, 4.69) is 13.8 Å². The van der Waals surface area contributed by atoms with Crippen molar-refractivity contribution in [2.75, 3.05) is 0 Å². The highest BCUT2D eigenvalue weighted by Gasteiger charge is 2.60. The smallest absolute Gasteiger partial charge is 0.137 e. The Hall–Kier alpha value is -0.630. The fourth-order valence-electron chi connectivity index (χ4n) is 6.74. The molecule has 0 amide bonds. The molecule has 2 saturated carbocycles. The van der Waals surface area contributed by atoms with Crippen molar-refractivity contribution >= 4 is 5.78 Å². The number of allylic oxidation sites excluding steroid dienone is 2. The zero-order chi connectivity index (χ0) is 15.5. The molecule has 0 saturated heterocycles. The van der Waals surface area contributed by atoms with E-state index in [9.17, 15) is 9.90 Å². The quantitative estimate of drug-likeness (QED) is 0.728. The zero-order valence-electron chi connectivity index (χ0n) is 14.2. The van der Waals surface area contributed by atoms with E-state index in [-0.39, 0.29) is 5.41 Å². The molecule has 4 aliphatic rings. The lowest BCUT2D eigenvalue weighted by atomic mass is 9.52. The van der Waals surface area contributed by atoms with Gasteiger partial charge in [0, 0.05) is 12.8 Å². The number of aliphatic hydroxyl groups is 1. The number of carbonyl (C=O) groups excluding carboxylic acids is 1. The summed E-state index contributed by atoms with van der Waals surface area (Å²) >= 11 is 0. The summed E-state index contributed by atoms with van der Waals surface area (Å²) in [6.07, 6.45) is 10.5. The number of rotatable bonds is 1. The van der Waals surface area contributed by atoms with Crippen molar-refractivity contribution in [3.8, 4) is 0 Å². The van der Waals surface area contributed by atoms with Crippen molar-refractivity contribution in [2.24, 2.45) is 23.2 Å². The average molecular weight is 302 g/mol. The van der Waals surface area contributed by atoms with Crippen LogP contribution in [-0.4, -0.2) is 16.5 Å². The van der Waals surface area contributed by atoms with Gasteiger partial charge in [0.1, 0.15) is 5.78 Å². The molecule has 4 rings (SSSR count). The van der Waals surface area contributed by atoms with Crippen LogP contribution in [-0.2, 0) is 4.79 Å². The number of hydrogen-bond donors (Lipinski definition) is 1. The van der Waals surface area contributed by atoms with E-state index >= 15 is 0 Å². The number of ketones is 1. The van der Waals surface area contributed by atoms with Gasteiger partial charge in [-0.15, -0.1) is 0 Å². The van der Waals surface area contributed by atoms with Gasteiger partial charge in [-0.05, 0) is 74.5 Å². The lowest BCUT2D eigenvalue weighted by molar-refractivity contribution is -0.119. The first-order chi connectivity index (χ1) is 10.5. The summed E-state index contributed by atoms with van der Waals surface area (Å²) in [5, 5.41) is 11.2. The molecule has 0 aromatic carbocycles. The minimum atomic E-state index is -0.431. The molecule has 0 aliphatic heterocycles. The Balaban J connectivity index is 1.65. The molecule has 2 heteroatoms. The Morgan fingerprint density at radius 3 is 2.73 bits per heavy atom. The number of Topliss-reactive ketones (excluding diaryl/α,β-unsaturated/α-hetero) is 1. The Morgan fingerprint density at radius 2 is 1.95 bits per heavy atom. The normalized spacial score (nSPS) is 48.0. The van der Waals surface area contributed by atoms with E-state index in [1.807, 2.05) is 0 Å². The number of hydrogen-bond acceptors (Lipinski definition) is 2. The van der Waals surface area contributed by atoms with Crippen LogP contribution in [0.4, 0.5) is 0 Å². The second-order valence-corrected chi connectivity index (χ2v) is 8.64. The lowest BCUT2D eigenvalue weighted by Gasteiger charge is -2.54. The number of fused-ring (bicyclic) bond motifs is 4. The van der Waals surface area contributed by atoms with Crippen LogP contribution >= 0.6 is 0 Å². The van der Waals surface area contributed by atoms with Gasteiger partial charge in [-0.3, -0.25) is 4.79 Å². The summed E-state index contributed by atoms with van der Waals surface area (Å²) < 4.78 is 0. The summed E-state index contributed by atoms with van der Waals surface area (Å²) in [5.41, 5.74) is 2.88. The van der Waals surface area contributed by atoms with Crippen LogP contribution in [0.2, 0.25) is 0 Å². The third-order valence-corrected chi connectivity index (χ3v) is 8.11. The van der Waals surface area contributed by atoms with Gasteiger partial charge in [-0.1, -0.05) is 25.0 Å². The van der Waals surface area contributed by atoms with Gasteiger partial charge >= 0.3 is 0 Å². The molecule has 22 heavy (non-hydrogen) atoms. The second-order valence-electron chi connectivity index (χ2n) is 8.64. The molecule has 2 fully saturated rings. The average Bonchev–Trinajstić information content (AvgIpc) is 2.79. The summed E-state index contributed by atoms with van der Waals surface area (Å²) in [4.78, 5) is 11.8. The maximum absolute atomic E-state index is 11.8. The van der Waals surface area contributed by atoms with Crippen LogP contribution in [0.5, 0.6) is 0 Å². The van der Waals surface area contributed by atoms with Crippen molar-refractivity contribution < 1.29 is 9.90 Å². The van der Waals surface area contributed by atoms with Crippen LogP contribution in [0.25, 0.3) is 0 Å². The SMILES string of the molecule is CCC1(O)CC[C@H]2[C@@H]3CCC4=C(CCC(=O)C4)[C@H]3CC[C@@]21C. The van der Waals surface area contributed by atoms with Crippen LogP contribution in [0.15, 0.2) is 11.1 Å². The van der Waals surface area contributed by atoms with E-state index in [1.54, 1.807) is 5.57 Å². The maximum Gasteiger partial charge on any atom is 0.137 e. The van der Waals surface area contributed by atoms with Gasteiger partial charge in [0.25, 0.3) is 0 Å². The molecular formula is C20H30O2. The van der Waals surface area contributed by atoms with E-state index in [4.69, 9.17) is 0 Å². The summed E-state index contributed by atoms with van der Waals surface area (Å²) in [5.74, 6) is 2.65. The summed E-state index contributed by atoms with van der Waals surface area (Å²) in [6.45, 7) is 4.53. The molecule has 1 N–H and O–H groups in total. The second kappa shape index (κ2) is 4.93. The first kappa shape index (κ1) is 14.9. The van der Waals surface area contributed by atoms with Crippen LogP contribution in [0.1, 0.15) is 78.1 Å². The fraction of sp³-hybridized carbons (Fsp3) is 0.850. The van der Waals surface area contributed by atoms with Crippen molar-refractivity contribution in [3.63, 3.8) is 0 Å². The molecule has 122 valence electrons. The molecule has 5 atom stereocenters. The van der Waals surface area contributed by atoms with Crippen molar-refractivity contribution in [2.45, 2.75) is 83.7 Å². The lowest BCUT2D eigenvalue weighted by Crippen LogP contribution is -2.51. The largest absolute Gasteiger partial charge is 0.389 e. The van der Waals surface area contributed by atoms with Crippen LogP contribution < -0.4 is 0 Å². The van der Waals surface area contributed by atoms with E-state index in [0.717, 1.165) is 50.4 Å². The van der Waals surface area contributed by atoms with E-state index < -0.39 is 5.60 Å². The molecule has 1 unspecified atom stereocenters. The fourth-order valence-corrected chi connectivity index (χ4v) is 6.74. The molecule has 0 bridgehead atoms. The molecule has 0 radical (unpaired) electrons. The van der Waals surface area contributed by atoms with Gasteiger partial charge < -0.3 is 5.11 Å². The topological polar surface area (TPSA) is 37.3 Å². The third-order valence-electron chi connectivity index (χ3n) is 8.11. The molecule has 0 spiro atoms. The molecule has 4 aliphatic carbocycles. The molecule has 0 aromatic heterocycles. The minimum absolute atomic E-state index is 0.130. The highest BCUT2D eigenvalue weighted by molar-refractivity contribution is 5.82. The van der Waals surface area contributed by atoms with Gasteiger partial charge in [0.15, 0.2) is 0 Å². The van der Waals surface area contributed by atoms with Gasteiger partial charge in [-0.2, -0.15) is 0 Å². The molecule has 0 aromatic rings. The Morgan fingerprint density at radius 1 is 1.14 bits per heavy atom. The highest BCUT2D eigenvalue weighted by Crippen LogP contribution is 2.64. The molecule has 0 heterocycles. The van der Waals surface area contributed by atoms with Crippen molar-refractivity contribution in [3.05, 3.63) is 11.1 Å². The maximum atomic E-state index is 11.8. The minimum Gasteiger partial charge on any atom is -0.389 e. The van der Waals surface area contributed by atoms with Crippen LogP contribution in [0.3, 0.4) is 0 Å². The monoisotopic (exact) mass is 302 g/mol. The Bertz CT molecular complexity index is 534. The first-order valence-electron chi connectivity index (χ1n) is 9.43. The van der Waals surface area contributed by atoms with E-state index in [0.29, 0.717) is 11.7 Å². The zero-order valence-corrected chi connectivity index (χ0v) is 14.2. The number of carbonyl (C=O) groups is 1. The molecule has 2 nitrogen and oxygen atoms in total. The predicted molar refractivity (Wildman–Crippen MR) is 87.4 cm³/mol. The van der Waals surface area contributed by atoms with Gasteiger partial charge in [0.05, 0.1) is 5.60 Å². The van der Waals surface area contributed by atoms with Gasteiger partial charge in [-0.25, -0.2) is 0 Å². The summed E-state index contributed by atoms with van der Waals surface area (Å²) in [6, 6.07) is 0. The predicted octanol–water partition coefficient (Wildman–Crippen LogP) is 4.41. The first-order valence-corrected chi connectivity index (χ1v) is 9.43.